The highest BCUT2D eigenvalue weighted by Gasteiger charge is 2.19. The van der Waals surface area contributed by atoms with E-state index in [-0.39, 0.29) is 0 Å². The summed E-state index contributed by atoms with van der Waals surface area (Å²) in [7, 11) is 0. The number of nitrogens with zero attached hydrogens (tertiary/aromatic N) is 2. The number of urea groups is 1. The quantitative estimate of drug-likeness (QED) is 0.326. The lowest BCUT2D eigenvalue weighted by Gasteiger charge is -2.30. The zero-order valence-electron chi connectivity index (χ0n) is 18.6. The molecule has 3 rings (SSSR count). The van der Waals surface area contributed by atoms with Gasteiger partial charge in [0.15, 0.2) is 0 Å². The Balaban J connectivity index is 1.66. The highest BCUT2D eigenvalue weighted by atomic mass is 16.5. The van der Waals surface area contributed by atoms with Gasteiger partial charge in [0.25, 0.3) is 11.8 Å². The van der Waals surface area contributed by atoms with Gasteiger partial charge in [-0.3, -0.25) is 20.1 Å². The number of carbonyl (C=O) groups is 3. The maximum absolute atomic E-state index is 13.0. The molecule has 0 unspecified atom stereocenters. The number of likely N-dealkylation sites (tertiary alicyclic amines) is 1. The normalized spacial score (nSPS) is 14.1. The summed E-state index contributed by atoms with van der Waals surface area (Å²) in [4.78, 5) is 40.6. The minimum absolute atomic E-state index is 0.350. The fourth-order valence-electron chi connectivity index (χ4n) is 3.70. The number of nitrogens with one attached hydrogen (secondary N) is 2. The molecule has 1 fully saturated rings. The van der Waals surface area contributed by atoms with Gasteiger partial charge in [-0.1, -0.05) is 48.9 Å². The van der Waals surface area contributed by atoms with Gasteiger partial charge >= 0.3 is 6.03 Å². The first kappa shape index (κ1) is 24.2. The Morgan fingerprint density at radius 2 is 1.67 bits per heavy atom. The molecule has 1 heterocycles. The molecule has 8 heteroatoms. The smallest absolute Gasteiger partial charge is 0.319 e. The first-order chi connectivity index (χ1) is 16.0. The van der Waals surface area contributed by atoms with Gasteiger partial charge in [-0.05, 0) is 55.3 Å². The number of carbonyl (C=O) groups excluding carboxylic acids is 3. The van der Waals surface area contributed by atoms with Crippen LogP contribution in [0.4, 0.5) is 4.79 Å². The van der Waals surface area contributed by atoms with Crippen molar-refractivity contribution < 1.29 is 19.6 Å². The third kappa shape index (κ3) is 7.85. The molecule has 0 radical (unpaired) electrons. The Bertz CT molecular complexity index is 954. The second-order valence-corrected chi connectivity index (χ2v) is 8.00. The highest BCUT2D eigenvalue weighted by molar-refractivity contribution is 6.04. The number of rotatable bonds is 8. The van der Waals surface area contributed by atoms with Crippen LogP contribution in [0.2, 0.25) is 0 Å². The maximum atomic E-state index is 13.0. The molecule has 0 aliphatic carbocycles. The van der Waals surface area contributed by atoms with E-state index in [1.54, 1.807) is 40.7 Å². The number of imide groups is 1. The summed E-state index contributed by atoms with van der Waals surface area (Å²) in [5, 5.41) is 11.1. The number of amides is 4. The summed E-state index contributed by atoms with van der Waals surface area (Å²) in [6.45, 7) is 3.67. The molecule has 2 aromatic carbocycles. The second kappa shape index (κ2) is 12.5. The molecule has 8 nitrogen and oxygen atoms in total. The van der Waals surface area contributed by atoms with Gasteiger partial charge in [0.1, 0.15) is 0 Å². The molecule has 174 valence electrons. The van der Waals surface area contributed by atoms with Crippen molar-refractivity contribution in [3.8, 4) is 0 Å². The zero-order chi connectivity index (χ0) is 23.5. The van der Waals surface area contributed by atoms with Gasteiger partial charge in [0.2, 0.25) is 0 Å². The molecule has 0 spiro atoms. The van der Waals surface area contributed by atoms with E-state index in [9.17, 15) is 14.4 Å². The van der Waals surface area contributed by atoms with Crippen LogP contribution in [-0.2, 0) is 11.3 Å². The molecule has 4 amide bonds. The van der Waals surface area contributed by atoms with Crippen LogP contribution in [-0.4, -0.2) is 59.0 Å². The standard InChI is InChI=1S/C25H30N4O4/c30-23(27-33)14-13-20-9-11-21(12-10-20)19-29(18-17-28-15-5-2-6-16-28)25(32)26-24(31)22-7-3-1-4-8-22/h1,3-4,7-14,33H,2,5-6,15-19H2,(H,27,30)(H,26,31,32). The van der Waals surface area contributed by atoms with Crippen LogP contribution in [0.3, 0.4) is 0 Å². The van der Waals surface area contributed by atoms with Crippen LogP contribution in [0.1, 0.15) is 40.7 Å². The molecule has 1 aliphatic rings. The molecule has 2 aromatic rings. The van der Waals surface area contributed by atoms with Crippen LogP contribution in [0, 0.1) is 0 Å². The zero-order valence-corrected chi connectivity index (χ0v) is 18.6. The third-order valence-corrected chi connectivity index (χ3v) is 5.57. The SMILES string of the molecule is O=C(C=Cc1ccc(CN(CCN2CCCCC2)C(=O)NC(=O)c2ccccc2)cc1)NO. The predicted molar refractivity (Wildman–Crippen MR) is 125 cm³/mol. The molecule has 33 heavy (non-hydrogen) atoms. The number of hydroxylamine groups is 1. The topological polar surface area (TPSA) is 102 Å². The lowest BCUT2D eigenvalue weighted by atomic mass is 10.1. The molecular weight excluding hydrogens is 420 g/mol. The Labute approximate surface area is 193 Å². The Hall–Kier alpha value is -3.49. The van der Waals surface area contributed by atoms with E-state index >= 15 is 0 Å². The largest absolute Gasteiger partial charge is 0.324 e. The number of hydrogen-bond acceptors (Lipinski definition) is 5. The summed E-state index contributed by atoms with van der Waals surface area (Å²) in [5.41, 5.74) is 3.67. The Kier molecular flexibility index (Phi) is 9.17. The molecule has 1 saturated heterocycles. The van der Waals surface area contributed by atoms with Crippen molar-refractivity contribution in [1.29, 1.82) is 0 Å². The summed E-state index contributed by atoms with van der Waals surface area (Å²) >= 11 is 0. The Morgan fingerprint density at radius 1 is 0.970 bits per heavy atom. The van der Waals surface area contributed by atoms with Crippen molar-refractivity contribution >= 4 is 23.9 Å². The second-order valence-electron chi connectivity index (χ2n) is 8.00. The Morgan fingerprint density at radius 3 is 2.33 bits per heavy atom. The lowest BCUT2D eigenvalue weighted by Crippen LogP contribution is -2.46. The monoisotopic (exact) mass is 450 g/mol. The average molecular weight is 451 g/mol. The van der Waals surface area contributed by atoms with E-state index in [1.807, 2.05) is 30.3 Å². The first-order valence-electron chi connectivity index (χ1n) is 11.1. The van der Waals surface area contributed by atoms with Gasteiger partial charge in [0.05, 0.1) is 0 Å². The van der Waals surface area contributed by atoms with Crippen molar-refractivity contribution in [1.82, 2.24) is 20.6 Å². The van der Waals surface area contributed by atoms with Crippen LogP contribution < -0.4 is 10.8 Å². The van der Waals surface area contributed by atoms with E-state index in [4.69, 9.17) is 5.21 Å². The summed E-state index contributed by atoms with van der Waals surface area (Å²) in [5.74, 6) is -1.03. The predicted octanol–water partition coefficient (Wildman–Crippen LogP) is 3.04. The average Bonchev–Trinajstić information content (AvgIpc) is 2.86. The molecule has 0 saturated carbocycles. The molecule has 0 atom stereocenters. The van der Waals surface area contributed by atoms with Gasteiger partial charge < -0.3 is 9.80 Å². The van der Waals surface area contributed by atoms with Crippen molar-refractivity contribution in [3.05, 3.63) is 77.4 Å². The van der Waals surface area contributed by atoms with Crippen molar-refractivity contribution in [2.24, 2.45) is 0 Å². The van der Waals surface area contributed by atoms with E-state index < -0.39 is 17.8 Å². The fourth-order valence-corrected chi connectivity index (χ4v) is 3.70. The van der Waals surface area contributed by atoms with Crippen molar-refractivity contribution in [2.75, 3.05) is 26.2 Å². The number of piperidine rings is 1. The fraction of sp³-hybridized carbons (Fsp3) is 0.320. The van der Waals surface area contributed by atoms with Crippen LogP contribution in [0.25, 0.3) is 6.08 Å². The summed E-state index contributed by atoms with van der Waals surface area (Å²) in [6, 6.07) is 15.6. The molecule has 3 N–H and O–H groups in total. The van der Waals surface area contributed by atoms with Gasteiger partial charge in [-0.25, -0.2) is 10.3 Å². The molecule has 1 aliphatic heterocycles. The molecule has 0 aromatic heterocycles. The highest BCUT2D eigenvalue weighted by Crippen LogP contribution is 2.12. The van der Waals surface area contributed by atoms with Gasteiger partial charge in [-0.15, -0.1) is 0 Å². The van der Waals surface area contributed by atoms with Crippen LogP contribution in [0.5, 0.6) is 0 Å². The van der Waals surface area contributed by atoms with Gasteiger partial charge in [0, 0.05) is 31.3 Å². The number of hydrogen-bond donors (Lipinski definition) is 3. The van der Waals surface area contributed by atoms with Gasteiger partial charge in [-0.2, -0.15) is 0 Å². The minimum Gasteiger partial charge on any atom is -0.319 e. The molecular formula is C25H30N4O4. The summed E-state index contributed by atoms with van der Waals surface area (Å²) < 4.78 is 0. The minimum atomic E-state index is -0.609. The van der Waals surface area contributed by atoms with Crippen molar-refractivity contribution in [2.45, 2.75) is 25.8 Å². The number of benzene rings is 2. The lowest BCUT2D eigenvalue weighted by molar-refractivity contribution is -0.124. The summed E-state index contributed by atoms with van der Waals surface area (Å²) in [6.07, 6.45) is 6.38. The first-order valence-corrected chi connectivity index (χ1v) is 11.1. The van der Waals surface area contributed by atoms with Crippen LogP contribution in [0.15, 0.2) is 60.7 Å². The van der Waals surface area contributed by atoms with E-state index in [1.165, 1.54) is 25.3 Å². The van der Waals surface area contributed by atoms with E-state index in [0.29, 0.717) is 18.7 Å². The van der Waals surface area contributed by atoms with Crippen LogP contribution >= 0.6 is 0 Å². The van der Waals surface area contributed by atoms with E-state index in [0.717, 1.165) is 30.8 Å². The van der Waals surface area contributed by atoms with Crippen molar-refractivity contribution in [3.63, 3.8) is 0 Å². The molecule has 0 bridgehead atoms. The maximum Gasteiger partial charge on any atom is 0.324 e. The van der Waals surface area contributed by atoms with E-state index in [2.05, 4.69) is 10.2 Å². The third-order valence-electron chi connectivity index (χ3n) is 5.57.